The first-order chi connectivity index (χ1) is 53.0. The highest BCUT2D eigenvalue weighted by molar-refractivity contribution is 7.93. The van der Waals surface area contributed by atoms with Gasteiger partial charge in [0.2, 0.25) is 0 Å². The summed E-state index contributed by atoms with van der Waals surface area (Å²) >= 11 is 0. The third kappa shape index (κ3) is 21.3. The molecule has 592 valence electrons. The lowest BCUT2D eigenvalue weighted by Crippen LogP contribution is -2.26. The lowest BCUT2D eigenvalue weighted by atomic mass is 9.96. The molecule has 0 fully saturated rings. The molecule has 12 rings (SSSR count). The number of anilines is 4. The molecule has 4 heterocycles. The summed E-state index contributed by atoms with van der Waals surface area (Å²) in [4.78, 5) is 27.9. The zero-order chi connectivity index (χ0) is 79.4. The molecule has 0 aromatic heterocycles. The number of hydrogen-bond acceptors (Lipinski definition) is 17. The molecule has 0 saturated carbocycles. The number of hydrogen-bond donors (Lipinski definition) is 4. The largest absolute Gasteiger partial charge is 0.468 e. The molecule has 0 spiro atoms. The normalized spacial score (nSPS) is 17.4. The van der Waals surface area contributed by atoms with Crippen molar-refractivity contribution >= 4 is 75.5 Å². The molecule has 8 aromatic carbocycles. The van der Waals surface area contributed by atoms with E-state index in [-0.39, 0.29) is 30.3 Å². The highest BCUT2D eigenvalue weighted by atomic mass is 32.2. The van der Waals surface area contributed by atoms with E-state index in [2.05, 4.69) is 35.1 Å². The van der Waals surface area contributed by atoms with Crippen LogP contribution in [0.3, 0.4) is 0 Å². The van der Waals surface area contributed by atoms with Gasteiger partial charge in [0.15, 0.2) is 0 Å². The van der Waals surface area contributed by atoms with Gasteiger partial charge in [-0.2, -0.15) is 9.59 Å². The Labute approximate surface area is 653 Å². The van der Waals surface area contributed by atoms with Crippen LogP contribution in [0, 0.1) is 13.8 Å². The maximum atomic E-state index is 13.3. The topological polar surface area (TPSA) is 267 Å². The molecule has 0 amide bonds. The fraction of sp³-hybridized carbons (Fsp3) is 0.412. The van der Waals surface area contributed by atoms with E-state index < -0.39 is 40.1 Å². The van der Waals surface area contributed by atoms with Crippen LogP contribution in [0.25, 0.3) is 0 Å². The minimum Gasteiger partial charge on any atom is -0.468 e. The first-order valence-electron chi connectivity index (χ1n) is 38.2. The Morgan fingerprint density at radius 3 is 0.927 bits per heavy atom. The number of benzene rings is 8. The van der Waals surface area contributed by atoms with Crippen LogP contribution in [0.15, 0.2) is 202 Å². The summed E-state index contributed by atoms with van der Waals surface area (Å²) in [5.74, 6) is 0. The number of methoxy groups -OCH3 is 1. The Morgan fingerprint density at radius 1 is 0.345 bits per heavy atom. The Morgan fingerprint density at radius 2 is 0.609 bits per heavy atom. The zero-order valence-corrected chi connectivity index (χ0v) is 68.3. The van der Waals surface area contributed by atoms with E-state index in [0.29, 0.717) is 50.6 Å². The highest BCUT2D eigenvalue weighted by Gasteiger charge is 2.39. The number of carbonyl (C=O) groups excluding carboxylic acids is 3. The van der Waals surface area contributed by atoms with Gasteiger partial charge in [0.1, 0.15) is 0 Å². The second-order valence-electron chi connectivity index (χ2n) is 27.8. The summed E-state index contributed by atoms with van der Waals surface area (Å²) in [6.07, 6.45) is 18.5. The van der Waals surface area contributed by atoms with Crippen molar-refractivity contribution in [3.8, 4) is 0 Å². The predicted molar refractivity (Wildman–Crippen MR) is 437 cm³/mol. The summed E-state index contributed by atoms with van der Waals surface area (Å²) in [7, 11) is -6.14. The number of sulfonamides is 4. The van der Waals surface area contributed by atoms with E-state index in [9.17, 15) is 38.5 Å². The van der Waals surface area contributed by atoms with E-state index in [1.807, 2.05) is 159 Å². The summed E-state index contributed by atoms with van der Waals surface area (Å²) in [6, 6.07) is 56.2. The minimum absolute atomic E-state index is 0.122. The number of nitrogens with zero attached hydrogens (tertiary/aromatic N) is 4. The van der Waals surface area contributed by atoms with Gasteiger partial charge >= 0.3 is 6.15 Å². The van der Waals surface area contributed by atoms with Gasteiger partial charge in [-0.05, 0) is 176 Å². The van der Waals surface area contributed by atoms with E-state index in [1.165, 1.54) is 75.0 Å². The lowest BCUT2D eigenvalue weighted by Gasteiger charge is -2.22. The number of rotatable bonds is 29. The van der Waals surface area contributed by atoms with Crippen molar-refractivity contribution in [1.29, 1.82) is 0 Å². The number of ether oxygens (including phenoxy) is 2. The van der Waals surface area contributed by atoms with Gasteiger partial charge in [0.05, 0.1) is 73.1 Å². The van der Waals surface area contributed by atoms with E-state index in [0.717, 1.165) is 138 Å². The second-order valence-corrected chi connectivity index (χ2v) is 35.6. The van der Waals surface area contributed by atoms with Gasteiger partial charge < -0.3 is 30.7 Å². The molecule has 0 radical (unpaired) electrons. The Hall–Kier alpha value is -8.59. The van der Waals surface area contributed by atoms with Gasteiger partial charge in [0, 0.05) is 41.9 Å². The molecule has 0 saturated heterocycles. The number of nitrogens with one attached hydrogen (secondary N) is 4. The van der Waals surface area contributed by atoms with Gasteiger partial charge in [-0.25, -0.2) is 33.7 Å². The summed E-state index contributed by atoms with van der Waals surface area (Å²) < 4.78 is 121. The van der Waals surface area contributed by atoms with Crippen molar-refractivity contribution in [3.63, 3.8) is 0 Å². The number of fused-ring (bicyclic) bond motifs is 8. The second kappa shape index (κ2) is 42.2. The van der Waals surface area contributed by atoms with Crippen LogP contribution >= 0.6 is 0 Å². The average Bonchev–Trinajstić information content (AvgIpc) is 1.62. The molecule has 8 aromatic rings. The maximum Gasteiger partial charge on any atom is 0.373 e. The van der Waals surface area contributed by atoms with E-state index in [4.69, 9.17) is 19.1 Å². The molecule has 4 aliphatic rings. The quantitative estimate of drug-likeness (QED) is 0.0251. The fourth-order valence-electron chi connectivity index (χ4n) is 14.4. The number of aryl methyl sites for hydroxylation is 2. The molecule has 0 aliphatic carbocycles. The first kappa shape index (κ1) is 87.0. The third-order valence-electron chi connectivity index (χ3n) is 20.3. The molecule has 0 bridgehead atoms. The Bertz CT molecular complexity index is 4830. The van der Waals surface area contributed by atoms with E-state index in [1.54, 1.807) is 71.7 Å². The van der Waals surface area contributed by atoms with Crippen LogP contribution in [0.1, 0.15) is 196 Å². The summed E-state index contributed by atoms with van der Waals surface area (Å²) in [5, 5.41) is 14.3. The lowest BCUT2D eigenvalue weighted by molar-refractivity contribution is -0.191. The molecule has 4 N–H and O–H groups in total. The number of para-hydroxylation sites is 4. The van der Waals surface area contributed by atoms with Gasteiger partial charge in [0.25, 0.3) is 46.6 Å². The van der Waals surface area contributed by atoms with Crippen LogP contribution < -0.4 is 38.5 Å². The molecule has 110 heavy (non-hydrogen) atoms. The Balaban J connectivity index is 0.000000182. The van der Waals surface area contributed by atoms with Crippen molar-refractivity contribution in [2.45, 2.75) is 174 Å². The number of carbonyl (C=O) groups is 1. The summed E-state index contributed by atoms with van der Waals surface area (Å²) in [5.41, 5.74) is 12.0. The van der Waals surface area contributed by atoms with Crippen molar-refractivity contribution in [2.24, 2.45) is 0 Å². The first-order valence-corrected chi connectivity index (χ1v) is 43.9. The molecule has 25 heteroatoms. The monoisotopic (exact) mass is 1580 g/mol. The standard InChI is InChI=1S/C23H32N2O2S.C22H30N2O2S.C21H26N2O4S.C18H22N2O3S.CO2/c1-4-5-6-7-8-11-16-24-23-19-12-9-10-13-21(19)25(3)28(26,27)22-17-18(2)14-15-20(22)23;1-4-5-6-7-10-15-23-22-18-11-8-9-12-20(18)24(3)27(25,26)21-16-17(2)13-14-19(21)22;1-23-19-12-6-4-10-17(19)21(22-14-8-2-3-9-15-27-16-24)18-11-5-7-13-20(18)28(23,25)26;1-20-16-10-5-3-8-14(16)18(19-12-7-13-23-2)15-9-4-6-11-17(15)24(20,21)22;2-1-3/h9-10,12-15,17,23-24H,4-8,11,16H2,1-3H3;8-9,11-14,16,22-23H,4-7,10,15H2,1-3H3;4-7,10-13,16,21-22H,2-3,8-9,14-15H2,1H3;3-6,8-11,18-19H,7,12-13H2,1-2H3;. The highest BCUT2D eigenvalue weighted by Crippen LogP contribution is 2.45. The molecule has 4 aliphatic heterocycles. The SMILES string of the molecule is CCCCCCCCNC1c2ccccc2N(C)S(=O)(=O)c2cc(C)ccc21.CCCCCCCNC1c2ccccc2N(C)S(=O)(=O)c2cc(C)ccc21.CN1c2ccccc2C(NCCCCCCOC=O)c2ccccc2S1(=O)=O.COCCCNC1c2ccccc2N(C)S(=O)(=O)c2ccccc21.O=C=O. The van der Waals surface area contributed by atoms with Crippen molar-refractivity contribution in [2.75, 3.05) is 91.9 Å². The average molecular weight is 1580 g/mol. The van der Waals surface area contributed by atoms with Crippen LogP contribution in [-0.4, -0.2) is 121 Å². The molecule has 21 nitrogen and oxygen atoms in total. The van der Waals surface area contributed by atoms with Gasteiger partial charge in [-0.1, -0.05) is 218 Å². The zero-order valence-electron chi connectivity index (χ0n) is 65.0. The van der Waals surface area contributed by atoms with Crippen LogP contribution in [0.5, 0.6) is 0 Å². The van der Waals surface area contributed by atoms with Crippen molar-refractivity contribution in [3.05, 3.63) is 238 Å². The fourth-order valence-corrected chi connectivity index (χ4v) is 20.4. The molecular weight excluding hydrogens is 1470 g/mol. The van der Waals surface area contributed by atoms with Crippen LogP contribution in [0.4, 0.5) is 22.7 Å². The number of unbranched alkanes of at least 4 members (excludes halogenated alkanes) is 12. The predicted octanol–water partition coefficient (Wildman–Crippen LogP) is 15.2. The molecular formula is C85H110N8O13S4. The van der Waals surface area contributed by atoms with E-state index >= 15 is 0 Å². The third-order valence-corrected chi connectivity index (χ3v) is 27.7. The Kier molecular flexibility index (Phi) is 33.3. The van der Waals surface area contributed by atoms with Crippen molar-refractivity contribution < 1.29 is 57.5 Å². The van der Waals surface area contributed by atoms with Crippen molar-refractivity contribution in [1.82, 2.24) is 21.3 Å². The van der Waals surface area contributed by atoms with Gasteiger partial charge in [-0.15, -0.1) is 0 Å². The smallest absolute Gasteiger partial charge is 0.373 e. The maximum absolute atomic E-state index is 13.3. The van der Waals surface area contributed by atoms with Gasteiger partial charge in [-0.3, -0.25) is 22.0 Å². The van der Waals surface area contributed by atoms with Crippen LogP contribution in [0.2, 0.25) is 0 Å². The minimum atomic E-state index is -3.60. The summed E-state index contributed by atoms with van der Waals surface area (Å²) in [6.45, 7) is 13.2. The van der Waals surface area contributed by atoms with Crippen LogP contribution in [-0.2, 0) is 64.0 Å². The molecule has 4 unspecified atom stereocenters. The molecule has 4 atom stereocenters.